The topological polar surface area (TPSA) is 82.8 Å². The maximum atomic E-state index is 11.4. The van der Waals surface area contributed by atoms with E-state index in [-0.39, 0.29) is 0 Å². The zero-order chi connectivity index (χ0) is 19.2. The second kappa shape index (κ2) is 8.09. The molecule has 0 aliphatic heterocycles. The van der Waals surface area contributed by atoms with Gasteiger partial charge in [0.25, 0.3) is 0 Å². The number of oxime groups is 1. The van der Waals surface area contributed by atoms with Crippen LogP contribution in [0.2, 0.25) is 0 Å². The number of benzene rings is 2. The molecule has 0 spiro atoms. The smallest absolute Gasteiger partial charge is 0.332 e. The van der Waals surface area contributed by atoms with E-state index in [1.54, 1.807) is 41.3 Å². The standard InChI is InChI=1S/C20H17N3O4/c1-14(24)26-19-11-7-6-10-18(19)20(22-27-15(2)25)16-12-21-23(13-16)17-8-4-3-5-9-17/h3-13H,1-2H3/b22-20+. The molecule has 0 unspecified atom stereocenters. The number of aromatic nitrogens is 2. The molecule has 0 atom stereocenters. The van der Waals surface area contributed by atoms with Crippen LogP contribution < -0.4 is 4.74 Å². The van der Waals surface area contributed by atoms with Crippen molar-refractivity contribution in [2.75, 3.05) is 0 Å². The molecule has 0 saturated heterocycles. The number of nitrogens with zero attached hydrogens (tertiary/aromatic N) is 3. The van der Waals surface area contributed by atoms with E-state index < -0.39 is 11.9 Å². The first kappa shape index (κ1) is 18.1. The lowest BCUT2D eigenvalue weighted by molar-refractivity contribution is -0.141. The molecule has 0 bridgehead atoms. The molecule has 1 heterocycles. The van der Waals surface area contributed by atoms with Crippen molar-refractivity contribution in [3.63, 3.8) is 0 Å². The van der Waals surface area contributed by atoms with Gasteiger partial charge in [-0.05, 0) is 24.3 Å². The second-order valence-corrected chi connectivity index (χ2v) is 5.62. The van der Waals surface area contributed by atoms with Crippen LogP contribution in [0.5, 0.6) is 5.75 Å². The summed E-state index contributed by atoms with van der Waals surface area (Å²) in [5, 5.41) is 8.30. The van der Waals surface area contributed by atoms with Crippen molar-refractivity contribution in [1.82, 2.24) is 9.78 Å². The number of ether oxygens (including phenoxy) is 1. The lowest BCUT2D eigenvalue weighted by atomic mass is 10.0. The molecule has 1 aromatic heterocycles. The second-order valence-electron chi connectivity index (χ2n) is 5.62. The molecule has 0 aliphatic rings. The molecule has 3 rings (SSSR count). The molecule has 3 aromatic rings. The van der Waals surface area contributed by atoms with Gasteiger partial charge in [-0.15, -0.1) is 0 Å². The average Bonchev–Trinajstić information content (AvgIpc) is 3.13. The number of hydrogen-bond donors (Lipinski definition) is 0. The summed E-state index contributed by atoms with van der Waals surface area (Å²) in [6, 6.07) is 16.4. The van der Waals surface area contributed by atoms with Crippen LogP contribution in [0.4, 0.5) is 0 Å². The summed E-state index contributed by atoms with van der Waals surface area (Å²) < 4.78 is 6.93. The molecule has 0 amide bonds. The summed E-state index contributed by atoms with van der Waals surface area (Å²) in [6.07, 6.45) is 3.35. The van der Waals surface area contributed by atoms with Crippen LogP contribution >= 0.6 is 0 Å². The highest BCUT2D eigenvalue weighted by Crippen LogP contribution is 2.23. The van der Waals surface area contributed by atoms with Gasteiger partial charge in [-0.2, -0.15) is 5.10 Å². The van der Waals surface area contributed by atoms with Gasteiger partial charge in [0, 0.05) is 31.2 Å². The number of para-hydroxylation sites is 2. The third kappa shape index (κ3) is 4.46. The Labute approximate surface area is 155 Å². The van der Waals surface area contributed by atoms with E-state index in [0.29, 0.717) is 22.6 Å². The van der Waals surface area contributed by atoms with Crippen molar-refractivity contribution < 1.29 is 19.2 Å². The Morgan fingerprint density at radius 2 is 1.67 bits per heavy atom. The Balaban J connectivity index is 2.06. The van der Waals surface area contributed by atoms with E-state index in [4.69, 9.17) is 9.57 Å². The number of carbonyl (C=O) groups excluding carboxylic acids is 2. The Hall–Kier alpha value is -3.74. The molecule has 7 nitrogen and oxygen atoms in total. The zero-order valence-electron chi connectivity index (χ0n) is 14.8. The Bertz CT molecular complexity index is 993. The fourth-order valence-electron chi connectivity index (χ4n) is 2.44. The number of rotatable bonds is 5. The molecule has 0 aliphatic carbocycles. The molecular formula is C20H17N3O4. The quantitative estimate of drug-likeness (QED) is 0.229. The maximum Gasteiger partial charge on any atom is 0.332 e. The van der Waals surface area contributed by atoms with Crippen LogP contribution in [0.15, 0.2) is 72.1 Å². The van der Waals surface area contributed by atoms with E-state index in [1.165, 1.54) is 13.8 Å². The zero-order valence-corrected chi connectivity index (χ0v) is 14.8. The summed E-state index contributed by atoms with van der Waals surface area (Å²) >= 11 is 0. The molecular weight excluding hydrogens is 346 g/mol. The lowest BCUT2D eigenvalue weighted by Crippen LogP contribution is -2.10. The number of esters is 1. The van der Waals surface area contributed by atoms with Crippen molar-refractivity contribution >= 4 is 17.7 Å². The van der Waals surface area contributed by atoms with Gasteiger partial charge in [-0.1, -0.05) is 35.5 Å². The first-order chi connectivity index (χ1) is 13.0. The highest BCUT2D eigenvalue weighted by Gasteiger charge is 2.17. The van der Waals surface area contributed by atoms with Crippen LogP contribution in [0, 0.1) is 0 Å². The lowest BCUT2D eigenvalue weighted by Gasteiger charge is -2.09. The number of hydrogen-bond acceptors (Lipinski definition) is 6. The summed E-state index contributed by atoms with van der Waals surface area (Å²) in [6.45, 7) is 2.57. The molecule has 0 fully saturated rings. The minimum Gasteiger partial charge on any atom is -0.426 e. The maximum absolute atomic E-state index is 11.4. The summed E-state index contributed by atoms with van der Waals surface area (Å²) in [5.41, 5.74) is 2.29. The summed E-state index contributed by atoms with van der Waals surface area (Å²) in [7, 11) is 0. The average molecular weight is 363 g/mol. The van der Waals surface area contributed by atoms with Crippen LogP contribution in [-0.4, -0.2) is 27.4 Å². The van der Waals surface area contributed by atoms with Crippen molar-refractivity contribution in [3.8, 4) is 11.4 Å². The SMILES string of the molecule is CC(=O)O/N=C(\c1cnn(-c2ccccc2)c1)c1ccccc1OC(C)=O. The Morgan fingerprint density at radius 1 is 0.963 bits per heavy atom. The molecule has 2 aromatic carbocycles. The van der Waals surface area contributed by atoms with Gasteiger partial charge in [0.15, 0.2) is 0 Å². The van der Waals surface area contributed by atoms with Crippen molar-refractivity contribution in [3.05, 3.63) is 78.1 Å². The van der Waals surface area contributed by atoms with Gasteiger partial charge >= 0.3 is 11.9 Å². The van der Waals surface area contributed by atoms with Gasteiger partial charge in [0.2, 0.25) is 0 Å². The fourth-order valence-corrected chi connectivity index (χ4v) is 2.44. The number of carbonyl (C=O) groups is 2. The van der Waals surface area contributed by atoms with E-state index in [9.17, 15) is 9.59 Å². The minimum atomic E-state index is -0.562. The fraction of sp³-hybridized carbons (Fsp3) is 0.100. The van der Waals surface area contributed by atoms with Crippen molar-refractivity contribution in [2.24, 2.45) is 5.16 Å². The Morgan fingerprint density at radius 3 is 2.37 bits per heavy atom. The van der Waals surface area contributed by atoms with E-state index >= 15 is 0 Å². The molecule has 27 heavy (non-hydrogen) atoms. The van der Waals surface area contributed by atoms with Crippen molar-refractivity contribution in [2.45, 2.75) is 13.8 Å². The molecule has 7 heteroatoms. The molecule has 0 saturated carbocycles. The highest BCUT2D eigenvalue weighted by atomic mass is 16.7. The van der Waals surface area contributed by atoms with Gasteiger partial charge in [0.05, 0.1) is 11.9 Å². The highest BCUT2D eigenvalue weighted by molar-refractivity contribution is 6.14. The monoisotopic (exact) mass is 363 g/mol. The molecule has 0 N–H and O–H groups in total. The first-order valence-electron chi connectivity index (χ1n) is 8.18. The van der Waals surface area contributed by atoms with Gasteiger partial charge in [0.1, 0.15) is 11.5 Å². The molecule has 136 valence electrons. The van der Waals surface area contributed by atoms with Crippen LogP contribution in [0.1, 0.15) is 25.0 Å². The van der Waals surface area contributed by atoms with E-state index in [1.807, 2.05) is 30.3 Å². The summed E-state index contributed by atoms with van der Waals surface area (Å²) in [4.78, 5) is 27.5. The predicted octanol–water partition coefficient (Wildman–Crippen LogP) is 3.11. The van der Waals surface area contributed by atoms with Crippen LogP contribution in [0.25, 0.3) is 5.69 Å². The van der Waals surface area contributed by atoms with E-state index in [0.717, 1.165) is 5.69 Å². The van der Waals surface area contributed by atoms with E-state index in [2.05, 4.69) is 10.3 Å². The normalized spacial score (nSPS) is 11.1. The third-order valence-electron chi connectivity index (χ3n) is 3.54. The third-order valence-corrected chi connectivity index (χ3v) is 3.54. The van der Waals surface area contributed by atoms with Crippen molar-refractivity contribution in [1.29, 1.82) is 0 Å². The van der Waals surface area contributed by atoms with Gasteiger partial charge in [-0.25, -0.2) is 9.48 Å². The van der Waals surface area contributed by atoms with Crippen LogP contribution in [-0.2, 0) is 14.4 Å². The minimum absolute atomic E-state index is 0.309. The Kier molecular flexibility index (Phi) is 5.41. The summed E-state index contributed by atoms with van der Waals surface area (Å²) in [5.74, 6) is -0.717. The van der Waals surface area contributed by atoms with Gasteiger partial charge in [-0.3, -0.25) is 4.79 Å². The predicted molar refractivity (Wildman–Crippen MR) is 98.7 cm³/mol. The molecule has 0 radical (unpaired) electrons. The first-order valence-corrected chi connectivity index (χ1v) is 8.18. The van der Waals surface area contributed by atoms with Crippen LogP contribution in [0.3, 0.4) is 0 Å². The largest absolute Gasteiger partial charge is 0.426 e. The van der Waals surface area contributed by atoms with Gasteiger partial charge < -0.3 is 9.57 Å².